The third-order valence-corrected chi connectivity index (χ3v) is 2.24. The molecule has 0 spiro atoms. The van der Waals surface area contributed by atoms with Gasteiger partial charge in [-0.25, -0.2) is 9.97 Å². The summed E-state index contributed by atoms with van der Waals surface area (Å²) in [6.07, 6.45) is 3.06. The maximum atomic E-state index is 8.62. The van der Waals surface area contributed by atoms with E-state index in [2.05, 4.69) is 9.97 Å². The Morgan fingerprint density at radius 1 is 1.12 bits per heavy atom. The van der Waals surface area contributed by atoms with Gasteiger partial charge >= 0.3 is 0 Å². The fraction of sp³-hybridized carbons (Fsp3) is 0.0833. The van der Waals surface area contributed by atoms with Crippen LogP contribution in [0.2, 0.25) is 0 Å². The van der Waals surface area contributed by atoms with E-state index in [4.69, 9.17) is 5.26 Å². The average molecular weight is 210 g/mol. The molecule has 0 N–H and O–H groups in total. The van der Waals surface area contributed by atoms with Crippen LogP contribution in [0.3, 0.4) is 0 Å². The highest BCUT2D eigenvalue weighted by Crippen LogP contribution is 2.19. The van der Waals surface area contributed by atoms with Gasteiger partial charge in [-0.15, -0.1) is 0 Å². The number of anilines is 2. The zero-order chi connectivity index (χ0) is 11.4. The first kappa shape index (κ1) is 10.1. The van der Waals surface area contributed by atoms with E-state index in [9.17, 15) is 0 Å². The summed E-state index contributed by atoms with van der Waals surface area (Å²) >= 11 is 0. The molecule has 2 aromatic rings. The van der Waals surface area contributed by atoms with Crippen LogP contribution in [0, 0.1) is 11.3 Å². The van der Waals surface area contributed by atoms with Crippen molar-refractivity contribution >= 4 is 11.5 Å². The maximum Gasteiger partial charge on any atom is 0.158 e. The van der Waals surface area contributed by atoms with Crippen molar-refractivity contribution in [2.24, 2.45) is 0 Å². The highest BCUT2D eigenvalue weighted by molar-refractivity contribution is 5.57. The van der Waals surface area contributed by atoms with Crippen LogP contribution in [0.25, 0.3) is 0 Å². The lowest BCUT2D eigenvalue weighted by Crippen LogP contribution is -2.11. The molecule has 1 aromatic carbocycles. The molecule has 1 aromatic heterocycles. The molecule has 0 aliphatic carbocycles. The van der Waals surface area contributed by atoms with Gasteiger partial charge in [0.2, 0.25) is 0 Å². The zero-order valence-corrected chi connectivity index (χ0v) is 8.83. The van der Waals surface area contributed by atoms with E-state index in [0.717, 1.165) is 5.69 Å². The molecule has 4 heteroatoms. The van der Waals surface area contributed by atoms with Gasteiger partial charge in [0.15, 0.2) is 11.5 Å². The first-order chi connectivity index (χ1) is 7.81. The molecule has 4 nitrogen and oxygen atoms in total. The zero-order valence-electron chi connectivity index (χ0n) is 8.83. The number of nitriles is 1. The largest absolute Gasteiger partial charge is 0.328 e. The summed E-state index contributed by atoms with van der Waals surface area (Å²) in [6.45, 7) is 0. The minimum absolute atomic E-state index is 0.324. The van der Waals surface area contributed by atoms with E-state index in [1.165, 1.54) is 6.20 Å². The molecule has 0 bridgehead atoms. The standard InChI is InChI=1S/C12H10N4/c1-16(11-5-3-2-4-6-11)12-9-14-10(7-13)8-15-12/h2-6,8-9H,1H3. The van der Waals surface area contributed by atoms with Gasteiger partial charge in [-0.05, 0) is 12.1 Å². The number of hydrogen-bond acceptors (Lipinski definition) is 4. The van der Waals surface area contributed by atoms with Gasteiger partial charge in [0.05, 0.1) is 12.4 Å². The average Bonchev–Trinajstić information content (AvgIpc) is 2.39. The van der Waals surface area contributed by atoms with Crippen molar-refractivity contribution in [3.8, 4) is 6.07 Å². The van der Waals surface area contributed by atoms with Crippen LogP contribution in [-0.2, 0) is 0 Å². The van der Waals surface area contributed by atoms with Gasteiger partial charge in [0, 0.05) is 12.7 Å². The third kappa shape index (κ3) is 1.98. The van der Waals surface area contributed by atoms with Crippen molar-refractivity contribution in [2.75, 3.05) is 11.9 Å². The molecule has 0 unspecified atom stereocenters. The predicted molar refractivity (Wildman–Crippen MR) is 61.3 cm³/mol. The minimum atomic E-state index is 0.324. The second-order valence-corrected chi connectivity index (χ2v) is 3.27. The van der Waals surface area contributed by atoms with Gasteiger partial charge < -0.3 is 4.90 Å². The Kier molecular flexibility index (Phi) is 2.79. The minimum Gasteiger partial charge on any atom is -0.328 e. The van der Waals surface area contributed by atoms with Crippen LogP contribution in [0.5, 0.6) is 0 Å². The van der Waals surface area contributed by atoms with E-state index in [0.29, 0.717) is 11.5 Å². The Morgan fingerprint density at radius 3 is 2.44 bits per heavy atom. The molecule has 0 radical (unpaired) electrons. The van der Waals surface area contributed by atoms with Crippen LogP contribution in [0.1, 0.15) is 5.69 Å². The summed E-state index contributed by atoms with van der Waals surface area (Å²) in [4.78, 5) is 10.1. The highest BCUT2D eigenvalue weighted by Gasteiger charge is 2.04. The van der Waals surface area contributed by atoms with Crippen molar-refractivity contribution < 1.29 is 0 Å². The van der Waals surface area contributed by atoms with Gasteiger partial charge in [-0.2, -0.15) is 5.26 Å². The van der Waals surface area contributed by atoms with Crippen LogP contribution in [0.4, 0.5) is 11.5 Å². The van der Waals surface area contributed by atoms with E-state index in [1.54, 1.807) is 6.20 Å². The van der Waals surface area contributed by atoms with Crippen molar-refractivity contribution in [2.45, 2.75) is 0 Å². The van der Waals surface area contributed by atoms with Crippen LogP contribution in [-0.4, -0.2) is 17.0 Å². The molecule has 0 saturated carbocycles. The quantitative estimate of drug-likeness (QED) is 0.761. The summed E-state index contributed by atoms with van der Waals surface area (Å²) in [6, 6.07) is 11.8. The molecule has 16 heavy (non-hydrogen) atoms. The normalized spacial score (nSPS) is 9.50. The Bertz CT molecular complexity index is 499. The summed E-state index contributed by atoms with van der Waals surface area (Å²) < 4.78 is 0. The lowest BCUT2D eigenvalue weighted by molar-refractivity contribution is 1.07. The molecule has 0 aliphatic rings. The lowest BCUT2D eigenvalue weighted by atomic mass is 10.3. The Labute approximate surface area is 93.8 Å². The van der Waals surface area contributed by atoms with E-state index in [1.807, 2.05) is 48.3 Å². The Hall–Kier alpha value is -2.41. The molecule has 78 valence electrons. The predicted octanol–water partition coefficient (Wildman–Crippen LogP) is 2.12. The summed E-state index contributed by atoms with van der Waals surface area (Å²) in [5.74, 6) is 0.713. The summed E-state index contributed by atoms with van der Waals surface area (Å²) in [5.41, 5.74) is 1.35. The van der Waals surface area contributed by atoms with Crippen molar-refractivity contribution in [1.82, 2.24) is 9.97 Å². The first-order valence-electron chi connectivity index (χ1n) is 4.82. The van der Waals surface area contributed by atoms with Gasteiger partial charge in [0.25, 0.3) is 0 Å². The summed E-state index contributed by atoms with van der Waals surface area (Å²) in [5, 5.41) is 8.62. The molecule has 0 atom stereocenters. The van der Waals surface area contributed by atoms with Gasteiger partial charge in [-0.1, -0.05) is 18.2 Å². The van der Waals surface area contributed by atoms with Crippen molar-refractivity contribution in [3.05, 3.63) is 48.4 Å². The molecule has 1 heterocycles. The number of aromatic nitrogens is 2. The number of benzene rings is 1. The van der Waals surface area contributed by atoms with Crippen molar-refractivity contribution in [3.63, 3.8) is 0 Å². The molecule has 2 rings (SSSR count). The van der Waals surface area contributed by atoms with Crippen molar-refractivity contribution in [1.29, 1.82) is 5.26 Å². The lowest BCUT2D eigenvalue weighted by Gasteiger charge is -2.17. The Morgan fingerprint density at radius 2 is 1.88 bits per heavy atom. The SMILES string of the molecule is CN(c1ccccc1)c1cnc(C#N)cn1. The maximum absolute atomic E-state index is 8.62. The second kappa shape index (κ2) is 4.41. The topological polar surface area (TPSA) is 52.8 Å². The fourth-order valence-electron chi connectivity index (χ4n) is 1.34. The van der Waals surface area contributed by atoms with E-state index >= 15 is 0 Å². The molecule has 0 fully saturated rings. The summed E-state index contributed by atoms with van der Waals surface area (Å²) in [7, 11) is 1.91. The number of nitrogens with zero attached hydrogens (tertiary/aromatic N) is 4. The first-order valence-corrected chi connectivity index (χ1v) is 4.82. The van der Waals surface area contributed by atoms with Gasteiger partial charge in [-0.3, -0.25) is 0 Å². The third-order valence-electron chi connectivity index (χ3n) is 2.24. The van der Waals surface area contributed by atoms with Gasteiger partial charge in [0.1, 0.15) is 6.07 Å². The van der Waals surface area contributed by atoms with Crippen LogP contribution < -0.4 is 4.90 Å². The van der Waals surface area contributed by atoms with Crippen LogP contribution in [0.15, 0.2) is 42.7 Å². The number of hydrogen-bond donors (Lipinski definition) is 0. The Balaban J connectivity index is 2.28. The molecular weight excluding hydrogens is 200 g/mol. The smallest absolute Gasteiger partial charge is 0.158 e. The highest BCUT2D eigenvalue weighted by atomic mass is 15.2. The molecule has 0 saturated heterocycles. The molecular formula is C12H10N4. The molecule has 0 aliphatic heterocycles. The monoisotopic (exact) mass is 210 g/mol. The molecule has 0 amide bonds. The second-order valence-electron chi connectivity index (χ2n) is 3.27. The van der Waals surface area contributed by atoms with E-state index < -0.39 is 0 Å². The fourth-order valence-corrected chi connectivity index (χ4v) is 1.34. The number of rotatable bonds is 2. The van der Waals surface area contributed by atoms with E-state index in [-0.39, 0.29) is 0 Å². The number of para-hydroxylation sites is 1. The van der Waals surface area contributed by atoms with Crippen LogP contribution >= 0.6 is 0 Å².